The number of amides is 1. The van der Waals surface area contributed by atoms with Gasteiger partial charge < -0.3 is 20.3 Å². The summed E-state index contributed by atoms with van der Waals surface area (Å²) >= 11 is 0. The molecule has 0 saturated carbocycles. The highest BCUT2D eigenvalue weighted by Crippen LogP contribution is 2.18. The van der Waals surface area contributed by atoms with Crippen molar-refractivity contribution in [3.05, 3.63) is 24.3 Å². The second-order valence-electron chi connectivity index (χ2n) is 17.2. The number of rotatable bonds is 45. The molecule has 336 valence electrons. The molecule has 3 unspecified atom stereocenters. The highest BCUT2D eigenvalue weighted by Gasteiger charge is 2.24. The fourth-order valence-electron chi connectivity index (χ4n) is 7.70. The number of carbonyl (C=O) groups excluding carboxylic acids is 2. The molecule has 3 atom stereocenters. The molecule has 6 heteroatoms. The molecule has 0 heterocycles. The van der Waals surface area contributed by atoms with E-state index in [9.17, 15) is 19.8 Å². The van der Waals surface area contributed by atoms with Crippen LogP contribution >= 0.6 is 0 Å². The van der Waals surface area contributed by atoms with E-state index in [1.165, 1.54) is 167 Å². The van der Waals surface area contributed by atoms with E-state index in [4.69, 9.17) is 4.74 Å². The minimum Gasteiger partial charge on any atom is -0.462 e. The van der Waals surface area contributed by atoms with Crippen molar-refractivity contribution in [2.45, 2.75) is 283 Å². The second-order valence-corrected chi connectivity index (χ2v) is 17.2. The molecule has 0 aromatic heterocycles. The molecule has 0 saturated heterocycles. The monoisotopic (exact) mass is 804 g/mol. The summed E-state index contributed by atoms with van der Waals surface area (Å²) in [4.78, 5) is 26.0. The van der Waals surface area contributed by atoms with Gasteiger partial charge in [-0.05, 0) is 57.8 Å². The van der Waals surface area contributed by atoms with Crippen molar-refractivity contribution < 1.29 is 24.5 Å². The van der Waals surface area contributed by atoms with Crippen LogP contribution in [-0.4, -0.2) is 46.9 Å². The van der Waals surface area contributed by atoms with Crippen molar-refractivity contribution in [1.82, 2.24) is 5.32 Å². The molecule has 1 amide bonds. The number of hydrogen-bond donors (Lipinski definition) is 3. The second kappa shape index (κ2) is 45.4. The predicted molar refractivity (Wildman–Crippen MR) is 246 cm³/mol. The number of aliphatic hydroxyl groups excluding tert-OH is 2. The first-order valence-electron chi connectivity index (χ1n) is 25.1. The lowest BCUT2D eigenvalue weighted by Crippen LogP contribution is -2.46. The summed E-state index contributed by atoms with van der Waals surface area (Å²) in [6.07, 6.45) is 51.0. The van der Waals surface area contributed by atoms with Crippen molar-refractivity contribution >= 4 is 11.9 Å². The van der Waals surface area contributed by atoms with Gasteiger partial charge in [0.2, 0.25) is 5.91 Å². The number of unbranched alkanes of at least 4 members (excludes halogenated alkanes) is 29. The lowest BCUT2D eigenvalue weighted by Gasteiger charge is -2.24. The van der Waals surface area contributed by atoms with Gasteiger partial charge in [0.05, 0.1) is 25.2 Å². The van der Waals surface area contributed by atoms with Gasteiger partial charge in [-0.2, -0.15) is 0 Å². The molecule has 0 radical (unpaired) electrons. The van der Waals surface area contributed by atoms with Crippen molar-refractivity contribution in [1.29, 1.82) is 0 Å². The molecule has 0 aliphatic carbocycles. The molecular weight excluding hydrogens is 707 g/mol. The van der Waals surface area contributed by atoms with Crippen LogP contribution < -0.4 is 5.32 Å². The molecule has 0 rings (SSSR count). The summed E-state index contributed by atoms with van der Waals surface area (Å²) in [5.74, 6) is -0.471. The van der Waals surface area contributed by atoms with E-state index in [-0.39, 0.29) is 24.9 Å². The van der Waals surface area contributed by atoms with E-state index >= 15 is 0 Å². The van der Waals surface area contributed by atoms with Crippen molar-refractivity contribution in [3.63, 3.8) is 0 Å². The quantitative estimate of drug-likeness (QED) is 0.0324. The van der Waals surface area contributed by atoms with Crippen LogP contribution in [-0.2, 0) is 14.3 Å². The minimum absolute atomic E-state index is 0.0801. The van der Waals surface area contributed by atoms with E-state index in [1.807, 2.05) is 0 Å². The SMILES string of the molecule is CCCCC/C=C\C/C=C\CCCCCCCCCCCC(=O)OC(CCCCCCCCCC)CC(=O)NC(CO)C(O)CCCCCCCCCCCCC. The number of ether oxygens (including phenoxy) is 1. The molecule has 0 aliphatic rings. The van der Waals surface area contributed by atoms with Crippen LogP contribution in [0.5, 0.6) is 0 Å². The Balaban J connectivity index is 4.38. The number of carbonyl (C=O) groups is 2. The molecule has 0 aromatic carbocycles. The Morgan fingerprint density at radius 3 is 1.37 bits per heavy atom. The lowest BCUT2D eigenvalue weighted by molar-refractivity contribution is -0.151. The van der Waals surface area contributed by atoms with Crippen molar-refractivity contribution in [3.8, 4) is 0 Å². The third-order valence-electron chi connectivity index (χ3n) is 11.5. The summed E-state index contributed by atoms with van der Waals surface area (Å²) in [5.41, 5.74) is 0. The molecule has 0 bridgehead atoms. The van der Waals surface area contributed by atoms with Crippen LogP contribution in [0.4, 0.5) is 0 Å². The summed E-state index contributed by atoms with van der Waals surface area (Å²) in [6, 6.07) is -0.695. The number of nitrogens with one attached hydrogen (secondary N) is 1. The molecule has 3 N–H and O–H groups in total. The Morgan fingerprint density at radius 2 is 0.895 bits per heavy atom. The number of allylic oxidation sites excluding steroid dienone is 4. The van der Waals surface area contributed by atoms with Gasteiger partial charge in [-0.3, -0.25) is 9.59 Å². The lowest BCUT2D eigenvalue weighted by atomic mass is 10.0. The van der Waals surface area contributed by atoms with Crippen LogP contribution in [0.3, 0.4) is 0 Å². The third kappa shape index (κ3) is 40.9. The number of esters is 1. The maximum Gasteiger partial charge on any atom is 0.306 e. The van der Waals surface area contributed by atoms with Crippen LogP contribution in [0.1, 0.15) is 265 Å². The highest BCUT2D eigenvalue weighted by atomic mass is 16.5. The summed E-state index contributed by atoms with van der Waals surface area (Å²) < 4.78 is 5.90. The zero-order valence-electron chi connectivity index (χ0n) is 38.2. The van der Waals surface area contributed by atoms with Crippen molar-refractivity contribution in [2.75, 3.05) is 6.61 Å². The summed E-state index contributed by atoms with van der Waals surface area (Å²) in [7, 11) is 0. The van der Waals surface area contributed by atoms with Gasteiger partial charge in [-0.1, -0.05) is 218 Å². The molecule has 0 spiro atoms. The maximum atomic E-state index is 13.1. The molecule has 57 heavy (non-hydrogen) atoms. The molecule has 0 fully saturated rings. The van der Waals surface area contributed by atoms with Gasteiger partial charge in [0.15, 0.2) is 0 Å². The van der Waals surface area contributed by atoms with Gasteiger partial charge in [-0.25, -0.2) is 0 Å². The fourth-order valence-corrected chi connectivity index (χ4v) is 7.70. The van der Waals surface area contributed by atoms with Crippen molar-refractivity contribution in [2.24, 2.45) is 0 Å². The van der Waals surface area contributed by atoms with Gasteiger partial charge in [-0.15, -0.1) is 0 Å². The fraction of sp³-hybridized carbons (Fsp3) is 0.882. The zero-order chi connectivity index (χ0) is 41.7. The Kier molecular flexibility index (Phi) is 44.1. The van der Waals surface area contributed by atoms with Gasteiger partial charge in [0.1, 0.15) is 6.10 Å². The average molecular weight is 804 g/mol. The zero-order valence-corrected chi connectivity index (χ0v) is 38.2. The Morgan fingerprint density at radius 1 is 0.509 bits per heavy atom. The molecular formula is C51H97NO5. The molecule has 0 aromatic rings. The highest BCUT2D eigenvalue weighted by molar-refractivity contribution is 5.77. The van der Waals surface area contributed by atoms with Gasteiger partial charge in [0.25, 0.3) is 0 Å². The largest absolute Gasteiger partial charge is 0.462 e. The van der Waals surface area contributed by atoms with Crippen LogP contribution in [0.2, 0.25) is 0 Å². The number of hydrogen-bond acceptors (Lipinski definition) is 5. The molecule has 6 nitrogen and oxygen atoms in total. The van der Waals surface area contributed by atoms with Crippen LogP contribution in [0.25, 0.3) is 0 Å². The predicted octanol–water partition coefficient (Wildman–Crippen LogP) is 14.7. The van der Waals surface area contributed by atoms with Crippen LogP contribution in [0.15, 0.2) is 24.3 Å². The van der Waals surface area contributed by atoms with E-state index < -0.39 is 18.2 Å². The maximum absolute atomic E-state index is 13.1. The Labute approximate surface area is 354 Å². The standard InChI is InChI=1S/C51H97NO5/c1-4-7-10-13-16-19-21-22-23-24-25-26-27-28-30-32-35-38-41-44-51(56)57-47(42-39-36-33-18-15-12-9-6-3)45-50(55)52-48(46-53)49(54)43-40-37-34-31-29-20-17-14-11-8-5-2/h16,19,22-23,47-49,53-54H,4-15,17-18,20-21,24-46H2,1-3H3,(H,52,55)/b19-16-,23-22-. The average Bonchev–Trinajstić information content (AvgIpc) is 3.20. The van der Waals surface area contributed by atoms with Gasteiger partial charge >= 0.3 is 5.97 Å². The van der Waals surface area contributed by atoms with E-state index in [0.29, 0.717) is 19.3 Å². The van der Waals surface area contributed by atoms with Crippen LogP contribution in [0, 0.1) is 0 Å². The number of aliphatic hydroxyl groups is 2. The normalized spacial score (nSPS) is 13.4. The first-order chi connectivity index (χ1) is 28.0. The smallest absolute Gasteiger partial charge is 0.306 e. The molecule has 0 aliphatic heterocycles. The third-order valence-corrected chi connectivity index (χ3v) is 11.5. The van der Waals surface area contributed by atoms with E-state index in [2.05, 4.69) is 50.4 Å². The Bertz CT molecular complexity index is 904. The topological polar surface area (TPSA) is 95.9 Å². The first kappa shape index (κ1) is 55.3. The van der Waals surface area contributed by atoms with Gasteiger partial charge in [0, 0.05) is 6.42 Å². The minimum atomic E-state index is -0.781. The van der Waals surface area contributed by atoms with E-state index in [1.54, 1.807) is 0 Å². The van der Waals surface area contributed by atoms with E-state index in [0.717, 1.165) is 51.4 Å². The summed E-state index contributed by atoms with van der Waals surface area (Å²) in [5, 5.41) is 23.6. The summed E-state index contributed by atoms with van der Waals surface area (Å²) in [6.45, 7) is 6.44. The Hall–Kier alpha value is -1.66. The first-order valence-corrected chi connectivity index (χ1v) is 25.1.